The fourth-order valence-corrected chi connectivity index (χ4v) is 4.55. The zero-order chi connectivity index (χ0) is 30.2. The normalized spacial score (nSPS) is 19.7. The van der Waals surface area contributed by atoms with Gasteiger partial charge in [-0.2, -0.15) is 0 Å². The molecule has 2 aromatic carbocycles. The van der Waals surface area contributed by atoms with Gasteiger partial charge in [-0.25, -0.2) is 9.37 Å². The molecule has 0 radical (unpaired) electrons. The summed E-state index contributed by atoms with van der Waals surface area (Å²) in [4.78, 5) is 30.2. The number of nitrogens with one attached hydrogen (secondary N) is 1. The van der Waals surface area contributed by atoms with Crippen LogP contribution in [0.5, 0.6) is 17.2 Å². The molecule has 5 rings (SSSR count). The highest BCUT2D eigenvalue weighted by Gasteiger charge is 2.45. The van der Waals surface area contributed by atoms with E-state index in [1.807, 2.05) is 0 Å². The molecule has 0 saturated heterocycles. The number of rotatable bonds is 11. The zero-order valence-electron chi connectivity index (χ0n) is 23.6. The van der Waals surface area contributed by atoms with E-state index in [0.29, 0.717) is 34.1 Å². The van der Waals surface area contributed by atoms with Crippen molar-refractivity contribution >= 4 is 11.8 Å². The summed E-state index contributed by atoms with van der Waals surface area (Å²) in [5, 5.41) is 23.8. The lowest BCUT2D eigenvalue weighted by molar-refractivity contribution is -0.123. The van der Waals surface area contributed by atoms with Gasteiger partial charge >= 0.3 is 0 Å². The first-order valence-corrected chi connectivity index (χ1v) is 13.7. The molecule has 3 aromatic rings. The van der Waals surface area contributed by atoms with Crippen molar-refractivity contribution in [1.82, 2.24) is 10.3 Å². The third kappa shape index (κ3) is 6.02. The first-order chi connectivity index (χ1) is 19.9. The van der Waals surface area contributed by atoms with Crippen LogP contribution in [0.25, 0.3) is 11.3 Å². The van der Waals surface area contributed by atoms with Crippen molar-refractivity contribution in [2.45, 2.75) is 56.8 Å². The van der Waals surface area contributed by atoms with Gasteiger partial charge in [-0.1, -0.05) is 0 Å². The molecule has 10 nitrogen and oxygen atoms in total. The molecule has 2 heterocycles. The van der Waals surface area contributed by atoms with Crippen LogP contribution in [0.3, 0.4) is 0 Å². The van der Waals surface area contributed by atoms with Crippen LogP contribution in [0.1, 0.15) is 55.2 Å². The second kappa shape index (κ2) is 11.2. The number of carbonyl (C=O) groups excluding carboxylic acids is 2. The van der Waals surface area contributed by atoms with Gasteiger partial charge in [0.05, 0.1) is 24.4 Å². The number of hydrogen-bond donors (Lipinski definition) is 4. The number of nitrogens with two attached hydrogens (primary N) is 1. The smallest absolute Gasteiger partial charge is 0.251 e. The second-order valence-corrected chi connectivity index (χ2v) is 11.3. The van der Waals surface area contributed by atoms with Gasteiger partial charge in [-0.15, -0.1) is 0 Å². The Balaban J connectivity index is 1.41. The van der Waals surface area contributed by atoms with Crippen LogP contribution in [0, 0.1) is 5.82 Å². The molecule has 1 unspecified atom stereocenters. The minimum atomic E-state index is -1.69. The fraction of sp³-hybridized carbons (Fsp3) is 0.387. The first kappa shape index (κ1) is 29.3. The average molecular weight is 580 g/mol. The van der Waals surface area contributed by atoms with Crippen LogP contribution in [0.4, 0.5) is 4.39 Å². The Kier molecular flexibility index (Phi) is 7.82. The lowest BCUT2D eigenvalue weighted by atomic mass is 9.82. The maximum atomic E-state index is 13.7. The number of aliphatic hydroxyl groups excluding tert-OH is 1. The Bertz CT molecular complexity index is 1510. The van der Waals surface area contributed by atoms with E-state index in [-0.39, 0.29) is 37.1 Å². The number of hydrogen-bond acceptors (Lipinski definition) is 8. The summed E-state index contributed by atoms with van der Waals surface area (Å²) in [5.41, 5.74) is 4.59. The van der Waals surface area contributed by atoms with Crippen LogP contribution < -0.4 is 25.3 Å². The molecule has 0 spiro atoms. The van der Waals surface area contributed by atoms with Crippen LogP contribution in [-0.2, 0) is 15.8 Å². The molecule has 2 aliphatic rings. The third-order valence-electron chi connectivity index (χ3n) is 7.38. The molecule has 1 aliphatic carbocycles. The summed E-state index contributed by atoms with van der Waals surface area (Å²) >= 11 is 0. The largest absolute Gasteiger partial charge is 0.489 e. The minimum Gasteiger partial charge on any atom is -0.489 e. The van der Waals surface area contributed by atoms with E-state index in [1.54, 1.807) is 38.1 Å². The second-order valence-electron chi connectivity index (χ2n) is 11.3. The number of halogens is 1. The molecule has 5 N–H and O–H groups in total. The van der Waals surface area contributed by atoms with E-state index in [2.05, 4.69) is 10.3 Å². The van der Waals surface area contributed by atoms with Crippen molar-refractivity contribution in [2.75, 3.05) is 19.8 Å². The molecule has 42 heavy (non-hydrogen) atoms. The molecule has 222 valence electrons. The molecule has 0 bridgehead atoms. The standard InChI is InChI=1S/C31H34FN3O7/c1-17(36)14-40-23-11-6-19(12-24(23)42-21-9-10-21)28(37)34-15-31(3,39)25-13-22-27(41-16-30(22,2)29(33)38)26(35-25)18-4-7-20(32)8-5-18/h4-8,11-13,17,21,36,39H,9-10,14-16H2,1-3H3,(H2,33,38)(H,34,37)/t17-,30+,31?/m1/s1. The minimum absolute atomic E-state index is 0.0158. The van der Waals surface area contributed by atoms with E-state index < -0.39 is 34.8 Å². The van der Waals surface area contributed by atoms with E-state index in [0.717, 1.165) is 12.8 Å². The summed E-state index contributed by atoms with van der Waals surface area (Å²) in [6, 6.07) is 11.9. The monoisotopic (exact) mass is 579 g/mol. The molecule has 2 amide bonds. The van der Waals surface area contributed by atoms with Crippen LogP contribution >= 0.6 is 0 Å². The molecular formula is C31H34FN3O7. The van der Waals surface area contributed by atoms with Crippen molar-refractivity contribution in [1.29, 1.82) is 0 Å². The number of carbonyl (C=O) groups is 2. The molecule has 1 fully saturated rings. The number of fused-ring (bicyclic) bond motifs is 1. The molecule has 1 saturated carbocycles. The summed E-state index contributed by atoms with van der Waals surface area (Å²) < 4.78 is 31.1. The number of aliphatic hydroxyl groups is 2. The maximum Gasteiger partial charge on any atom is 0.251 e. The van der Waals surface area contributed by atoms with Gasteiger partial charge in [-0.05, 0) is 82.1 Å². The van der Waals surface area contributed by atoms with E-state index in [9.17, 15) is 24.2 Å². The van der Waals surface area contributed by atoms with E-state index in [4.69, 9.17) is 19.9 Å². The number of pyridine rings is 1. The Morgan fingerprint density at radius 3 is 2.57 bits per heavy atom. The molecule has 3 atom stereocenters. The zero-order valence-corrected chi connectivity index (χ0v) is 23.6. The van der Waals surface area contributed by atoms with E-state index in [1.165, 1.54) is 31.2 Å². The third-order valence-corrected chi connectivity index (χ3v) is 7.38. The molecule has 1 aromatic heterocycles. The highest BCUT2D eigenvalue weighted by molar-refractivity contribution is 5.95. The Morgan fingerprint density at radius 2 is 1.93 bits per heavy atom. The predicted octanol–water partition coefficient (Wildman–Crippen LogP) is 2.96. The molecule has 1 aliphatic heterocycles. The van der Waals surface area contributed by atoms with Gasteiger partial charge < -0.3 is 35.5 Å². The number of amides is 2. The highest BCUT2D eigenvalue weighted by Crippen LogP contribution is 2.45. The summed E-state index contributed by atoms with van der Waals surface area (Å²) in [6.07, 6.45) is 1.19. The lowest BCUT2D eigenvalue weighted by Gasteiger charge is -2.26. The highest BCUT2D eigenvalue weighted by atomic mass is 19.1. The Hall–Kier alpha value is -4.22. The average Bonchev–Trinajstić information content (AvgIpc) is 3.70. The number of aromatic nitrogens is 1. The van der Waals surface area contributed by atoms with Gasteiger partial charge in [-0.3, -0.25) is 9.59 Å². The maximum absolute atomic E-state index is 13.7. The topological polar surface area (TPSA) is 153 Å². The Labute approximate surface area is 242 Å². The number of ether oxygens (including phenoxy) is 3. The van der Waals surface area contributed by atoms with Gasteiger partial charge in [0.1, 0.15) is 41.5 Å². The van der Waals surface area contributed by atoms with Crippen LogP contribution in [0.15, 0.2) is 48.5 Å². The van der Waals surface area contributed by atoms with Gasteiger partial charge in [0.15, 0.2) is 11.5 Å². The van der Waals surface area contributed by atoms with Crippen molar-refractivity contribution in [3.05, 3.63) is 71.2 Å². The summed E-state index contributed by atoms with van der Waals surface area (Å²) in [7, 11) is 0. The van der Waals surface area contributed by atoms with Gasteiger partial charge in [0.2, 0.25) is 5.91 Å². The predicted molar refractivity (Wildman–Crippen MR) is 151 cm³/mol. The van der Waals surface area contributed by atoms with Gasteiger partial charge in [0.25, 0.3) is 5.91 Å². The number of primary amides is 1. The van der Waals surface area contributed by atoms with Crippen LogP contribution in [0.2, 0.25) is 0 Å². The van der Waals surface area contributed by atoms with E-state index >= 15 is 0 Å². The lowest BCUT2D eigenvalue weighted by Crippen LogP contribution is -2.41. The fourth-order valence-electron chi connectivity index (χ4n) is 4.55. The SMILES string of the molecule is C[C@@H](O)COc1ccc(C(=O)NCC(C)(O)c2cc3c(c(-c4ccc(F)cc4)n2)OC[C@]3(C)C(N)=O)cc1OC1CC1. The molecule has 11 heteroatoms. The first-order valence-electron chi connectivity index (χ1n) is 13.7. The van der Waals surface area contributed by atoms with Crippen molar-refractivity contribution in [3.63, 3.8) is 0 Å². The number of benzene rings is 2. The quantitative estimate of drug-likeness (QED) is 0.271. The van der Waals surface area contributed by atoms with Crippen molar-refractivity contribution < 1.29 is 38.4 Å². The Morgan fingerprint density at radius 1 is 1.21 bits per heavy atom. The summed E-state index contributed by atoms with van der Waals surface area (Å²) in [6.45, 7) is 4.57. The van der Waals surface area contributed by atoms with Crippen LogP contribution in [-0.4, -0.2) is 59.0 Å². The van der Waals surface area contributed by atoms with Gasteiger partial charge in [0, 0.05) is 16.7 Å². The number of nitrogens with zero attached hydrogens (tertiary/aromatic N) is 1. The molecular weight excluding hydrogens is 545 g/mol. The summed E-state index contributed by atoms with van der Waals surface area (Å²) in [5.74, 6) is -0.371. The van der Waals surface area contributed by atoms with Crippen molar-refractivity contribution in [3.8, 4) is 28.5 Å². The van der Waals surface area contributed by atoms with Crippen molar-refractivity contribution in [2.24, 2.45) is 5.73 Å².